The van der Waals surface area contributed by atoms with Crippen LogP contribution < -0.4 is 0 Å². The maximum atomic E-state index is 4.42. The number of hydrogen-bond donors (Lipinski definition) is 0. The average Bonchev–Trinajstić information content (AvgIpc) is 1.41. The second kappa shape index (κ2) is 11.9. The van der Waals surface area contributed by atoms with Crippen LogP contribution in [0.15, 0.2) is 0 Å². The van der Waals surface area contributed by atoms with E-state index in [1.54, 1.807) is 0 Å². The zero-order valence-corrected chi connectivity index (χ0v) is 9.76. The fourth-order valence-corrected chi connectivity index (χ4v) is 1.40. The van der Waals surface area contributed by atoms with E-state index < -0.39 is 0 Å². The molecule has 0 atom stereocenters. The van der Waals surface area contributed by atoms with Crippen LogP contribution in [-0.4, -0.2) is 0 Å². The van der Waals surface area contributed by atoms with E-state index >= 15 is 0 Å². The Hall–Kier alpha value is 4.21. The van der Waals surface area contributed by atoms with Gasteiger partial charge >= 0.3 is 90.5 Å². The van der Waals surface area contributed by atoms with Crippen LogP contribution in [-0.2, 0) is 1.24 Å². The minimum Gasteiger partial charge on any atom is 0 e. The Balaban J connectivity index is 0. The van der Waals surface area contributed by atoms with Crippen LogP contribution >= 0.6 is 12.3 Å². The Morgan fingerprint density at radius 2 is 1.50 bits per heavy atom. The second-order valence-electron chi connectivity index (χ2n) is 0.186. The van der Waals surface area contributed by atoms with Gasteiger partial charge in [0.2, 0.25) is 0 Å². The van der Waals surface area contributed by atoms with E-state index in [2.05, 4.69) is 1.24 Å². The summed E-state index contributed by atoms with van der Waals surface area (Å²) < 4.78 is 8.84. The normalized spacial score (nSPS) is 7.00. The van der Waals surface area contributed by atoms with E-state index in [1.165, 1.54) is 77.0 Å². The van der Waals surface area contributed by atoms with Gasteiger partial charge in [-0.1, -0.05) is 0 Å². The SMILES string of the molecule is [Gd][O]S[O][Gd].[Tb]. The minimum atomic E-state index is 0. The van der Waals surface area contributed by atoms with Crippen molar-refractivity contribution in [2.45, 2.75) is 0 Å². The quantitative estimate of drug-likeness (QED) is 0.479. The molecule has 0 aliphatic carbocycles. The third-order valence-corrected chi connectivity index (χ3v) is 1.07. The minimum absolute atomic E-state index is 0. The zero-order valence-electron chi connectivity index (χ0n) is 2.27. The molecule has 0 saturated carbocycles. The summed E-state index contributed by atoms with van der Waals surface area (Å²) in [5.74, 6) is 0. The van der Waals surface area contributed by atoms with Crippen molar-refractivity contribution >= 4 is 12.3 Å². The van der Waals surface area contributed by atoms with Gasteiger partial charge in [-0.2, -0.15) is 0 Å². The van der Waals surface area contributed by atoms with Gasteiger partial charge in [0.1, 0.15) is 0 Å². The fraction of sp³-hybridized carbons (Fsp3) is 0. The van der Waals surface area contributed by atoms with Crippen LogP contribution in [0, 0.1) is 116 Å². The van der Waals surface area contributed by atoms with Crippen LogP contribution in [0.5, 0.6) is 0 Å². The van der Waals surface area contributed by atoms with Gasteiger partial charge < -0.3 is 0 Å². The Morgan fingerprint density at radius 3 is 1.50 bits per heavy atom. The van der Waals surface area contributed by atoms with Gasteiger partial charge in [0.05, 0.1) is 0 Å². The molecule has 0 aromatic carbocycles. The van der Waals surface area contributed by atoms with Gasteiger partial charge in [0.25, 0.3) is 0 Å². The van der Waals surface area contributed by atoms with E-state index in [0.29, 0.717) is 0 Å². The standard InChI is InChI=1S/2Gd.H2O2S.Tb/c;;1-3-2;/h;;1-2H;/q2*+1;;/p-2. The summed E-state index contributed by atoms with van der Waals surface area (Å²) in [6, 6.07) is 0. The van der Waals surface area contributed by atoms with Crippen molar-refractivity contribution in [2.24, 2.45) is 0 Å². The van der Waals surface area contributed by atoms with Crippen molar-refractivity contribution in [3.8, 4) is 0 Å². The van der Waals surface area contributed by atoms with Crippen LogP contribution in [0.1, 0.15) is 0 Å². The largest absolute Gasteiger partial charge is 0 e. The molecule has 0 unspecified atom stereocenters. The van der Waals surface area contributed by atoms with Crippen molar-refractivity contribution in [2.75, 3.05) is 0 Å². The van der Waals surface area contributed by atoms with Crippen LogP contribution in [0.25, 0.3) is 0 Å². The molecular weight excluding hydrogens is 537 g/mol. The van der Waals surface area contributed by atoms with Crippen LogP contribution in [0.4, 0.5) is 0 Å². The molecule has 6 heavy (non-hydrogen) atoms. The number of rotatable bonds is 2. The topological polar surface area (TPSA) is 18.5 Å². The predicted molar refractivity (Wildman–Crippen MR) is 9.76 cm³/mol. The average molecular weight is 537 g/mol. The molecule has 1 radical (unpaired) electrons. The predicted octanol–water partition coefficient (Wildman–Crippen LogP) is 0.511. The van der Waals surface area contributed by atoms with E-state index in [4.69, 9.17) is 0 Å². The molecule has 0 aromatic heterocycles. The number of hydrogen-bond acceptors (Lipinski definition) is 3. The molecule has 0 heterocycles. The van der Waals surface area contributed by atoms with Gasteiger partial charge in [0, 0.05) is 38.6 Å². The summed E-state index contributed by atoms with van der Waals surface area (Å²) >= 11 is 3.77. The molecule has 0 N–H and O–H groups in total. The van der Waals surface area contributed by atoms with Gasteiger partial charge in [-0.15, -0.1) is 0 Å². The summed E-state index contributed by atoms with van der Waals surface area (Å²) in [7, 11) is 0. The molecular formula is Gd2O2STb. The molecule has 0 aromatic rings. The van der Waals surface area contributed by atoms with Crippen molar-refractivity contribution in [1.29, 1.82) is 0 Å². The second-order valence-corrected chi connectivity index (χ2v) is 2.83. The summed E-state index contributed by atoms with van der Waals surface area (Å²) in [6.45, 7) is 0. The van der Waals surface area contributed by atoms with Gasteiger partial charge in [0.15, 0.2) is 0 Å². The van der Waals surface area contributed by atoms with Crippen molar-refractivity contribution in [1.82, 2.24) is 0 Å². The van der Waals surface area contributed by atoms with E-state index in [0.717, 1.165) is 12.3 Å². The van der Waals surface area contributed by atoms with Crippen molar-refractivity contribution < 1.29 is 117 Å². The Morgan fingerprint density at radius 1 is 1.17 bits per heavy atom. The van der Waals surface area contributed by atoms with Crippen LogP contribution in [0.3, 0.4) is 0 Å². The molecule has 0 fully saturated rings. The van der Waals surface area contributed by atoms with E-state index in [-0.39, 0.29) is 38.6 Å². The first kappa shape index (κ1) is 12.8. The Kier molecular flexibility index (Phi) is 25.6. The maximum Gasteiger partial charge on any atom is 0 e. The first-order valence-electron chi connectivity index (χ1n) is 0.622. The third kappa shape index (κ3) is 11.1. The molecule has 0 amide bonds. The smallest absolute Gasteiger partial charge is 0 e. The molecule has 0 spiro atoms. The van der Waals surface area contributed by atoms with E-state index in [1.807, 2.05) is 0 Å². The van der Waals surface area contributed by atoms with Gasteiger partial charge in [-0.05, 0) is 0 Å². The summed E-state index contributed by atoms with van der Waals surface area (Å²) in [6.07, 6.45) is 0. The van der Waals surface area contributed by atoms with Crippen LogP contribution in [0.2, 0.25) is 0 Å². The third-order valence-electron chi connectivity index (χ3n) is 0.0481. The monoisotopic (exact) mass is 539 g/mol. The fourth-order valence-electron chi connectivity index (χ4n) is 0.00851. The van der Waals surface area contributed by atoms with E-state index in [9.17, 15) is 0 Å². The first-order valence-corrected chi connectivity index (χ1v) is 3.14. The molecule has 0 bridgehead atoms. The summed E-state index contributed by atoms with van der Waals surface area (Å²) in [5.41, 5.74) is 0. The first-order chi connectivity index (χ1) is 2.41. The molecule has 2 nitrogen and oxygen atoms in total. The van der Waals surface area contributed by atoms with Gasteiger partial charge in [-0.3, -0.25) is 0 Å². The molecule has 0 saturated heterocycles. The van der Waals surface area contributed by atoms with Gasteiger partial charge in [-0.25, -0.2) is 0 Å². The van der Waals surface area contributed by atoms with Crippen molar-refractivity contribution in [3.63, 3.8) is 0 Å². The Bertz CT molecular complexity index is 19.0. The maximum absolute atomic E-state index is 4.42. The molecule has 0 rings (SSSR count). The molecule has 43 valence electrons. The Labute approximate surface area is 125 Å². The molecule has 6 heteroatoms. The molecule has 0 aliphatic rings. The zero-order chi connectivity index (χ0) is 4.12. The summed E-state index contributed by atoms with van der Waals surface area (Å²) in [5, 5.41) is 0. The van der Waals surface area contributed by atoms with Crippen molar-refractivity contribution in [3.05, 3.63) is 0 Å². The molecule has 0 aliphatic heterocycles. The summed E-state index contributed by atoms with van der Waals surface area (Å²) in [4.78, 5) is 0.